The fraction of sp³-hybridized carbons (Fsp3) is 0.286. The number of hydrogen-bond donors (Lipinski definition) is 0. The largest absolute Gasteiger partial charge is 0.371 e. The molecule has 5 nitrogen and oxygen atoms in total. The van der Waals surface area contributed by atoms with Crippen LogP contribution in [0.2, 0.25) is 0 Å². The summed E-state index contributed by atoms with van der Waals surface area (Å²) in [6.07, 6.45) is 4.84. The van der Waals surface area contributed by atoms with E-state index in [0.717, 1.165) is 41.3 Å². The molecule has 0 N–H and O–H groups in total. The van der Waals surface area contributed by atoms with Crippen LogP contribution < -0.4 is 4.90 Å². The molecule has 1 fully saturated rings. The number of piperidine rings is 1. The number of rotatable bonds is 9. The summed E-state index contributed by atoms with van der Waals surface area (Å²) in [6.45, 7) is 6.53. The molecule has 1 saturated heterocycles. The van der Waals surface area contributed by atoms with E-state index in [1.807, 2.05) is 66.3 Å². The summed E-state index contributed by atoms with van der Waals surface area (Å²) in [6, 6.07) is 24.2. The van der Waals surface area contributed by atoms with Crippen molar-refractivity contribution in [3.05, 3.63) is 124 Å². The van der Waals surface area contributed by atoms with Crippen LogP contribution in [0.1, 0.15) is 73.2 Å². The van der Waals surface area contributed by atoms with Crippen molar-refractivity contribution in [1.29, 1.82) is 0 Å². The fourth-order valence-corrected chi connectivity index (χ4v) is 5.46. The van der Waals surface area contributed by atoms with Gasteiger partial charge in [0.15, 0.2) is 17.3 Å². The number of nitrogens with zero attached hydrogens (tertiary/aromatic N) is 2. The Morgan fingerprint density at radius 2 is 1.30 bits per heavy atom. The number of aromatic nitrogens is 1. The average Bonchev–Trinajstić information content (AvgIpc) is 3.40. The Kier molecular flexibility index (Phi) is 8.11. The summed E-state index contributed by atoms with van der Waals surface area (Å²) in [7, 11) is 1.85. The van der Waals surface area contributed by atoms with E-state index < -0.39 is 0 Å². The van der Waals surface area contributed by atoms with Gasteiger partial charge in [-0.25, -0.2) is 0 Å². The van der Waals surface area contributed by atoms with Crippen LogP contribution in [0, 0.1) is 12.8 Å². The normalized spacial score (nSPS) is 13.8. The lowest BCUT2D eigenvalue weighted by Crippen LogP contribution is -2.33. The minimum atomic E-state index is -0.0866. The maximum absolute atomic E-state index is 13.0. The minimum absolute atomic E-state index is 0.0412. The molecule has 5 rings (SSSR count). The molecule has 0 spiro atoms. The van der Waals surface area contributed by atoms with E-state index in [0.29, 0.717) is 23.2 Å². The SMILES string of the molecule is Cc1cc(C(=O)Cc2ccc(C(=O)c3ccc(CC(=O)c4cccn4C)cc3)cc2)ccc1N1CCC(C)CC1. The highest BCUT2D eigenvalue weighted by molar-refractivity contribution is 6.09. The molecule has 4 aromatic rings. The van der Waals surface area contributed by atoms with Crippen LogP contribution in [0.4, 0.5) is 5.69 Å². The molecule has 0 bridgehead atoms. The molecule has 5 heteroatoms. The Labute approximate surface area is 236 Å². The van der Waals surface area contributed by atoms with Gasteiger partial charge in [0, 0.05) is 61.6 Å². The molecule has 0 atom stereocenters. The van der Waals surface area contributed by atoms with Crippen LogP contribution in [0.3, 0.4) is 0 Å². The molecule has 204 valence electrons. The summed E-state index contributed by atoms with van der Waals surface area (Å²) in [5, 5.41) is 0. The van der Waals surface area contributed by atoms with Crippen LogP contribution in [-0.4, -0.2) is 35.0 Å². The van der Waals surface area contributed by atoms with Crippen molar-refractivity contribution in [3.63, 3.8) is 0 Å². The number of benzene rings is 3. The monoisotopic (exact) mass is 532 g/mol. The average molecular weight is 533 g/mol. The molecular weight excluding hydrogens is 496 g/mol. The van der Waals surface area contributed by atoms with E-state index in [-0.39, 0.29) is 23.8 Å². The van der Waals surface area contributed by atoms with E-state index in [2.05, 4.69) is 24.8 Å². The van der Waals surface area contributed by atoms with E-state index in [9.17, 15) is 14.4 Å². The van der Waals surface area contributed by atoms with Crippen LogP contribution in [0.15, 0.2) is 85.1 Å². The van der Waals surface area contributed by atoms with Gasteiger partial charge in [-0.2, -0.15) is 0 Å². The van der Waals surface area contributed by atoms with Gasteiger partial charge in [0.25, 0.3) is 0 Å². The van der Waals surface area contributed by atoms with Gasteiger partial charge in [-0.1, -0.05) is 55.5 Å². The van der Waals surface area contributed by atoms with Gasteiger partial charge in [0.05, 0.1) is 5.69 Å². The Morgan fingerprint density at radius 3 is 1.82 bits per heavy atom. The van der Waals surface area contributed by atoms with Gasteiger partial charge in [0.1, 0.15) is 0 Å². The topological polar surface area (TPSA) is 59.4 Å². The standard InChI is InChI=1S/C35H36N2O3/c1-24-16-19-37(20-17-24)31-15-14-30(21-25(31)2)33(38)22-26-6-10-28(11-7-26)35(40)29-12-8-27(9-13-29)23-34(39)32-5-4-18-36(32)3/h4-15,18,21,24H,16-17,19-20,22-23H2,1-3H3. The Hall–Kier alpha value is -4.25. The van der Waals surface area contributed by atoms with Crippen molar-refractivity contribution in [2.24, 2.45) is 13.0 Å². The highest BCUT2D eigenvalue weighted by atomic mass is 16.1. The van der Waals surface area contributed by atoms with Crippen LogP contribution in [-0.2, 0) is 19.9 Å². The van der Waals surface area contributed by atoms with Gasteiger partial charge in [-0.15, -0.1) is 0 Å². The van der Waals surface area contributed by atoms with Crippen molar-refractivity contribution in [2.75, 3.05) is 18.0 Å². The highest BCUT2D eigenvalue weighted by Crippen LogP contribution is 2.27. The lowest BCUT2D eigenvalue weighted by Gasteiger charge is -2.33. The van der Waals surface area contributed by atoms with E-state index >= 15 is 0 Å². The summed E-state index contributed by atoms with van der Waals surface area (Å²) in [5.74, 6) is 0.805. The Balaban J connectivity index is 1.19. The fourth-order valence-electron chi connectivity index (χ4n) is 5.46. The molecular formula is C35H36N2O3. The van der Waals surface area contributed by atoms with Gasteiger partial charge in [-0.3, -0.25) is 14.4 Å². The first-order valence-corrected chi connectivity index (χ1v) is 14.0. The van der Waals surface area contributed by atoms with Crippen LogP contribution in [0.25, 0.3) is 0 Å². The molecule has 0 unspecified atom stereocenters. The smallest absolute Gasteiger partial charge is 0.193 e. The number of hydrogen-bond acceptors (Lipinski definition) is 4. The number of carbonyl (C=O) groups is 3. The highest BCUT2D eigenvalue weighted by Gasteiger charge is 2.19. The zero-order chi connectivity index (χ0) is 28.2. The molecule has 3 aromatic carbocycles. The third-order valence-corrected chi connectivity index (χ3v) is 8.03. The van der Waals surface area contributed by atoms with Gasteiger partial charge in [-0.05, 0) is 72.7 Å². The summed E-state index contributed by atoms with van der Waals surface area (Å²) in [4.78, 5) is 41.0. The zero-order valence-electron chi connectivity index (χ0n) is 23.5. The maximum atomic E-state index is 13.0. The quantitative estimate of drug-likeness (QED) is 0.227. The zero-order valence-corrected chi connectivity index (χ0v) is 23.5. The molecule has 1 aliphatic heterocycles. The predicted octanol–water partition coefficient (Wildman–Crippen LogP) is 6.65. The van der Waals surface area contributed by atoms with Crippen molar-refractivity contribution < 1.29 is 14.4 Å². The molecule has 1 aromatic heterocycles. The van der Waals surface area contributed by atoms with Gasteiger partial charge < -0.3 is 9.47 Å². The predicted molar refractivity (Wildman–Crippen MR) is 160 cm³/mol. The number of carbonyl (C=O) groups excluding carboxylic acids is 3. The summed E-state index contributed by atoms with van der Waals surface area (Å²) < 4.78 is 1.81. The molecule has 0 radical (unpaired) electrons. The molecule has 0 saturated carbocycles. The summed E-state index contributed by atoms with van der Waals surface area (Å²) in [5.41, 5.74) is 6.63. The first kappa shape index (κ1) is 27.3. The van der Waals surface area contributed by atoms with Gasteiger partial charge in [0.2, 0.25) is 0 Å². The third kappa shape index (κ3) is 6.15. The molecule has 0 amide bonds. The lowest BCUT2D eigenvalue weighted by atomic mass is 9.96. The Morgan fingerprint density at radius 1 is 0.750 bits per heavy atom. The van der Waals surface area contributed by atoms with Gasteiger partial charge >= 0.3 is 0 Å². The number of aryl methyl sites for hydroxylation is 2. The van der Waals surface area contributed by atoms with E-state index in [4.69, 9.17) is 0 Å². The number of ketones is 3. The second-order valence-electron chi connectivity index (χ2n) is 11.1. The second-order valence-corrected chi connectivity index (χ2v) is 11.1. The number of Topliss-reactive ketones (excluding diaryl/α,β-unsaturated/α-hetero) is 2. The van der Waals surface area contributed by atoms with Crippen LogP contribution >= 0.6 is 0 Å². The van der Waals surface area contributed by atoms with Crippen molar-refractivity contribution in [2.45, 2.75) is 39.5 Å². The lowest BCUT2D eigenvalue weighted by molar-refractivity contribution is 0.0980. The second kappa shape index (κ2) is 11.9. The molecule has 2 heterocycles. The maximum Gasteiger partial charge on any atom is 0.193 e. The van der Waals surface area contributed by atoms with Crippen molar-refractivity contribution in [1.82, 2.24) is 4.57 Å². The molecule has 0 aliphatic carbocycles. The van der Waals surface area contributed by atoms with E-state index in [1.165, 1.54) is 18.5 Å². The van der Waals surface area contributed by atoms with Crippen molar-refractivity contribution >= 4 is 23.0 Å². The molecule has 1 aliphatic rings. The number of anilines is 1. The third-order valence-electron chi connectivity index (χ3n) is 8.03. The van der Waals surface area contributed by atoms with E-state index in [1.54, 1.807) is 24.3 Å². The molecule has 40 heavy (non-hydrogen) atoms. The Bertz CT molecular complexity index is 1520. The summed E-state index contributed by atoms with van der Waals surface area (Å²) >= 11 is 0. The first-order valence-electron chi connectivity index (χ1n) is 14.0. The minimum Gasteiger partial charge on any atom is -0.371 e. The van der Waals surface area contributed by atoms with Crippen LogP contribution in [0.5, 0.6) is 0 Å². The first-order chi connectivity index (χ1) is 19.3. The van der Waals surface area contributed by atoms with Crippen molar-refractivity contribution in [3.8, 4) is 0 Å².